The highest BCUT2D eigenvalue weighted by atomic mass is 35.5. The summed E-state index contributed by atoms with van der Waals surface area (Å²) in [5.41, 5.74) is 7.95. The van der Waals surface area contributed by atoms with Crippen LogP contribution in [0.1, 0.15) is 55.3 Å². The summed E-state index contributed by atoms with van der Waals surface area (Å²) in [6, 6.07) is 3.66. The summed E-state index contributed by atoms with van der Waals surface area (Å²) in [7, 11) is -1.35. The molecule has 0 saturated heterocycles. The molecule has 1 saturated carbocycles. The molecule has 0 radical (unpaired) electrons. The fourth-order valence-electron chi connectivity index (χ4n) is 4.17. The summed E-state index contributed by atoms with van der Waals surface area (Å²) in [6.45, 7) is 1.77. The minimum atomic E-state index is -1.35. The number of fused-ring (bicyclic) bond motifs is 1. The van der Waals surface area contributed by atoms with Gasteiger partial charge in [-0.15, -0.1) is 0 Å². The summed E-state index contributed by atoms with van der Waals surface area (Å²) < 4.78 is 0. The fourth-order valence-corrected chi connectivity index (χ4v) is 4.48. The van der Waals surface area contributed by atoms with Gasteiger partial charge in [-0.3, -0.25) is 4.79 Å². The average molecular weight is 366 g/mol. The standard InChI is InChI=1S/C18H25BClNO4/c1-18(17(22)23)12(3-2-6-19(24)25)7-11-8-15(20)13(9-14(11)18)16(21)10-4-5-10/h8-10,12,16,24-25H,2-7,21H2,1H3,(H,22,23)/t12-,16+,18-/m0/s1. The maximum Gasteiger partial charge on any atom is 0.451 e. The highest BCUT2D eigenvalue weighted by Gasteiger charge is 2.49. The van der Waals surface area contributed by atoms with E-state index in [0.29, 0.717) is 30.2 Å². The van der Waals surface area contributed by atoms with E-state index in [2.05, 4.69) is 0 Å². The number of nitrogens with two attached hydrogens (primary N) is 1. The normalized spacial score (nSPS) is 26.4. The molecule has 1 aromatic carbocycles. The van der Waals surface area contributed by atoms with Crippen LogP contribution in [0.5, 0.6) is 0 Å². The lowest BCUT2D eigenvalue weighted by Gasteiger charge is -2.29. The van der Waals surface area contributed by atoms with Crippen molar-refractivity contribution in [1.82, 2.24) is 0 Å². The van der Waals surface area contributed by atoms with E-state index >= 15 is 0 Å². The van der Waals surface area contributed by atoms with Gasteiger partial charge in [-0.2, -0.15) is 0 Å². The molecule has 0 unspecified atom stereocenters. The van der Waals surface area contributed by atoms with E-state index in [-0.39, 0.29) is 18.3 Å². The zero-order chi connectivity index (χ0) is 18.4. The van der Waals surface area contributed by atoms with E-state index in [9.17, 15) is 9.90 Å². The number of halogens is 1. The number of carboxylic acid groups (broad SMARTS) is 1. The molecule has 5 nitrogen and oxygen atoms in total. The summed E-state index contributed by atoms with van der Waals surface area (Å²) >= 11 is 6.45. The third-order valence-electron chi connectivity index (χ3n) is 6.01. The highest BCUT2D eigenvalue weighted by molar-refractivity contribution is 6.40. The molecule has 0 heterocycles. The van der Waals surface area contributed by atoms with Crippen LogP contribution in [0, 0.1) is 11.8 Å². The number of aliphatic carboxylic acids is 1. The Morgan fingerprint density at radius 3 is 2.68 bits per heavy atom. The number of benzene rings is 1. The van der Waals surface area contributed by atoms with E-state index in [1.54, 1.807) is 6.92 Å². The van der Waals surface area contributed by atoms with Gasteiger partial charge >= 0.3 is 13.1 Å². The van der Waals surface area contributed by atoms with E-state index in [0.717, 1.165) is 29.5 Å². The van der Waals surface area contributed by atoms with Crippen molar-refractivity contribution in [2.75, 3.05) is 0 Å². The Kier molecular flexibility index (Phi) is 5.17. The molecule has 5 N–H and O–H groups in total. The number of rotatable bonds is 7. The van der Waals surface area contributed by atoms with Crippen molar-refractivity contribution in [1.29, 1.82) is 0 Å². The molecule has 2 aliphatic carbocycles. The van der Waals surface area contributed by atoms with Crippen LogP contribution in [0.3, 0.4) is 0 Å². The Labute approximate surface area is 153 Å². The molecule has 136 valence electrons. The molecule has 3 atom stereocenters. The maximum atomic E-state index is 12.1. The number of hydrogen-bond acceptors (Lipinski definition) is 4. The highest BCUT2D eigenvalue weighted by Crippen LogP contribution is 2.49. The molecule has 2 aliphatic rings. The molecule has 0 bridgehead atoms. The van der Waals surface area contributed by atoms with Gasteiger partial charge < -0.3 is 20.9 Å². The van der Waals surface area contributed by atoms with Gasteiger partial charge in [0.15, 0.2) is 0 Å². The minimum absolute atomic E-state index is 0.0952. The van der Waals surface area contributed by atoms with Crippen molar-refractivity contribution < 1.29 is 19.9 Å². The smallest absolute Gasteiger partial charge is 0.451 e. The van der Waals surface area contributed by atoms with Crippen LogP contribution >= 0.6 is 11.6 Å². The predicted molar refractivity (Wildman–Crippen MR) is 97.5 cm³/mol. The zero-order valence-electron chi connectivity index (χ0n) is 14.4. The molecule has 1 fully saturated rings. The van der Waals surface area contributed by atoms with Crippen molar-refractivity contribution in [3.63, 3.8) is 0 Å². The van der Waals surface area contributed by atoms with Crippen LogP contribution in [0.15, 0.2) is 12.1 Å². The number of hydrogen-bond donors (Lipinski definition) is 4. The van der Waals surface area contributed by atoms with Crippen molar-refractivity contribution in [2.24, 2.45) is 17.6 Å². The largest absolute Gasteiger partial charge is 0.481 e. The van der Waals surface area contributed by atoms with Crippen molar-refractivity contribution in [3.8, 4) is 0 Å². The van der Waals surface area contributed by atoms with Crippen LogP contribution in [0.4, 0.5) is 0 Å². The SMILES string of the molecule is C[C@@]1(C(=O)O)c2cc([C@H](N)C3CC3)c(Cl)cc2C[C@@H]1CCCB(O)O. The summed E-state index contributed by atoms with van der Waals surface area (Å²) in [5.74, 6) is -0.508. The molecular weight excluding hydrogens is 340 g/mol. The Morgan fingerprint density at radius 1 is 1.44 bits per heavy atom. The van der Waals surface area contributed by atoms with Crippen LogP contribution in [0.25, 0.3) is 0 Å². The van der Waals surface area contributed by atoms with Gasteiger partial charge in [0.05, 0.1) is 5.41 Å². The van der Waals surface area contributed by atoms with Crippen molar-refractivity contribution in [2.45, 2.75) is 56.8 Å². The zero-order valence-corrected chi connectivity index (χ0v) is 15.2. The topological polar surface area (TPSA) is 104 Å². The first kappa shape index (κ1) is 18.7. The molecule has 3 rings (SSSR count). The summed E-state index contributed by atoms with van der Waals surface area (Å²) in [5, 5.41) is 28.7. The van der Waals surface area contributed by atoms with E-state index in [1.165, 1.54) is 0 Å². The second kappa shape index (κ2) is 6.91. The van der Waals surface area contributed by atoms with Crippen LogP contribution in [-0.2, 0) is 16.6 Å². The molecule has 1 aromatic rings. The molecule has 0 spiro atoms. The Balaban J connectivity index is 1.92. The van der Waals surface area contributed by atoms with Crippen molar-refractivity contribution in [3.05, 3.63) is 33.8 Å². The van der Waals surface area contributed by atoms with Gasteiger partial charge in [0.2, 0.25) is 0 Å². The lowest BCUT2D eigenvalue weighted by atomic mass is 9.72. The van der Waals surface area contributed by atoms with Gasteiger partial charge in [0.1, 0.15) is 0 Å². The third-order valence-corrected chi connectivity index (χ3v) is 6.34. The lowest BCUT2D eigenvalue weighted by molar-refractivity contribution is -0.145. The number of carbonyl (C=O) groups is 1. The van der Waals surface area contributed by atoms with Crippen LogP contribution in [-0.4, -0.2) is 28.2 Å². The van der Waals surface area contributed by atoms with Gasteiger partial charge in [-0.1, -0.05) is 24.1 Å². The Bertz CT molecular complexity index is 679. The minimum Gasteiger partial charge on any atom is -0.481 e. The van der Waals surface area contributed by atoms with E-state index in [4.69, 9.17) is 27.4 Å². The summed E-state index contributed by atoms with van der Waals surface area (Å²) in [4.78, 5) is 12.1. The monoisotopic (exact) mass is 365 g/mol. The maximum absolute atomic E-state index is 12.1. The molecule has 0 aromatic heterocycles. The van der Waals surface area contributed by atoms with Gasteiger partial charge in [0.25, 0.3) is 0 Å². The van der Waals surface area contributed by atoms with Gasteiger partial charge in [-0.05, 0) is 73.5 Å². The fraction of sp³-hybridized carbons (Fsp3) is 0.611. The van der Waals surface area contributed by atoms with Crippen molar-refractivity contribution >= 4 is 24.7 Å². The molecular formula is C18H25BClNO4. The number of carboxylic acids is 1. The lowest BCUT2D eigenvalue weighted by Crippen LogP contribution is -2.37. The first-order valence-electron chi connectivity index (χ1n) is 8.93. The molecule has 0 aliphatic heterocycles. The molecule has 25 heavy (non-hydrogen) atoms. The van der Waals surface area contributed by atoms with E-state index in [1.807, 2.05) is 12.1 Å². The van der Waals surface area contributed by atoms with Crippen LogP contribution in [0.2, 0.25) is 11.3 Å². The van der Waals surface area contributed by atoms with Gasteiger partial charge in [0, 0.05) is 11.1 Å². The second-order valence-electron chi connectivity index (χ2n) is 7.71. The third kappa shape index (κ3) is 3.45. The quantitative estimate of drug-likeness (QED) is 0.556. The predicted octanol–water partition coefficient (Wildman–Crippen LogP) is 2.52. The Morgan fingerprint density at radius 2 is 2.12 bits per heavy atom. The first-order valence-corrected chi connectivity index (χ1v) is 9.30. The van der Waals surface area contributed by atoms with Crippen LogP contribution < -0.4 is 5.73 Å². The Hall–Kier alpha value is -1.08. The first-order chi connectivity index (χ1) is 11.7. The van der Waals surface area contributed by atoms with Gasteiger partial charge in [-0.25, -0.2) is 0 Å². The molecule has 7 heteroatoms. The summed E-state index contributed by atoms with van der Waals surface area (Å²) in [6.07, 6.45) is 4.27. The average Bonchev–Trinajstić information content (AvgIpc) is 3.33. The molecule has 0 amide bonds. The van der Waals surface area contributed by atoms with E-state index < -0.39 is 18.5 Å². The second-order valence-corrected chi connectivity index (χ2v) is 8.12.